The van der Waals surface area contributed by atoms with Crippen LogP contribution < -0.4 is 5.32 Å². The molecule has 23 heavy (non-hydrogen) atoms. The zero-order valence-corrected chi connectivity index (χ0v) is 13.5. The molecule has 1 aliphatic heterocycles. The minimum Gasteiger partial charge on any atom is -0.350 e. The number of carbonyl (C=O) groups is 2. The third kappa shape index (κ3) is 3.74. The molecule has 1 fully saturated rings. The molecule has 0 saturated carbocycles. The molecular formula is C18H18N2O2S. The van der Waals surface area contributed by atoms with Crippen LogP contribution in [0.1, 0.15) is 15.9 Å². The van der Waals surface area contributed by atoms with E-state index in [1.54, 1.807) is 28.8 Å². The van der Waals surface area contributed by atoms with Crippen molar-refractivity contribution in [3.05, 3.63) is 71.8 Å². The quantitative estimate of drug-likeness (QED) is 0.939. The van der Waals surface area contributed by atoms with E-state index >= 15 is 0 Å². The molecule has 1 N–H and O–H groups in total. The Morgan fingerprint density at radius 3 is 2.39 bits per heavy atom. The first-order valence-corrected chi connectivity index (χ1v) is 8.66. The van der Waals surface area contributed by atoms with E-state index in [0.717, 1.165) is 5.56 Å². The minimum atomic E-state index is -0.406. The molecule has 0 spiro atoms. The predicted molar refractivity (Wildman–Crippen MR) is 92.0 cm³/mol. The summed E-state index contributed by atoms with van der Waals surface area (Å²) in [6.45, 7) is 0.480. The second kappa shape index (κ2) is 7.33. The molecule has 118 valence electrons. The Kier molecular flexibility index (Phi) is 4.98. The topological polar surface area (TPSA) is 49.4 Å². The van der Waals surface area contributed by atoms with Crippen molar-refractivity contribution in [3.8, 4) is 0 Å². The maximum atomic E-state index is 12.6. The van der Waals surface area contributed by atoms with E-state index in [-0.39, 0.29) is 11.8 Å². The Morgan fingerprint density at radius 2 is 1.70 bits per heavy atom. The normalized spacial score (nSPS) is 17.0. The van der Waals surface area contributed by atoms with E-state index in [1.807, 2.05) is 48.5 Å². The van der Waals surface area contributed by atoms with E-state index < -0.39 is 6.04 Å². The summed E-state index contributed by atoms with van der Waals surface area (Å²) in [5, 5.41) is 2.93. The summed E-state index contributed by atoms with van der Waals surface area (Å²) in [7, 11) is 0. The SMILES string of the molecule is O=C(NCc1ccccc1)C1CSCN1C(=O)c1ccccc1. The fourth-order valence-electron chi connectivity index (χ4n) is 2.51. The van der Waals surface area contributed by atoms with Crippen LogP contribution in [-0.4, -0.2) is 34.4 Å². The second-order valence-electron chi connectivity index (χ2n) is 5.36. The highest BCUT2D eigenvalue weighted by Gasteiger charge is 2.34. The number of nitrogens with one attached hydrogen (secondary N) is 1. The lowest BCUT2D eigenvalue weighted by atomic mass is 10.1. The number of amides is 2. The van der Waals surface area contributed by atoms with Crippen LogP contribution in [0.15, 0.2) is 60.7 Å². The van der Waals surface area contributed by atoms with Crippen molar-refractivity contribution in [1.29, 1.82) is 0 Å². The van der Waals surface area contributed by atoms with E-state index in [9.17, 15) is 9.59 Å². The maximum absolute atomic E-state index is 12.6. The Balaban J connectivity index is 1.64. The van der Waals surface area contributed by atoms with Crippen LogP contribution >= 0.6 is 11.8 Å². The molecule has 0 aromatic heterocycles. The number of hydrogen-bond acceptors (Lipinski definition) is 3. The number of rotatable bonds is 4. The molecule has 3 rings (SSSR count). The first kappa shape index (κ1) is 15.6. The summed E-state index contributed by atoms with van der Waals surface area (Å²) in [5.74, 6) is 1.01. The number of thioether (sulfide) groups is 1. The fourth-order valence-corrected chi connectivity index (χ4v) is 3.66. The molecule has 0 radical (unpaired) electrons. The van der Waals surface area contributed by atoms with Crippen LogP contribution in [-0.2, 0) is 11.3 Å². The minimum absolute atomic E-state index is 0.0875. The Hall–Kier alpha value is -2.27. The smallest absolute Gasteiger partial charge is 0.255 e. The van der Waals surface area contributed by atoms with Crippen molar-refractivity contribution < 1.29 is 9.59 Å². The number of benzene rings is 2. The molecule has 2 aromatic rings. The molecule has 1 aliphatic rings. The van der Waals surface area contributed by atoms with Gasteiger partial charge in [-0.2, -0.15) is 0 Å². The van der Waals surface area contributed by atoms with Crippen LogP contribution in [0.2, 0.25) is 0 Å². The van der Waals surface area contributed by atoms with Gasteiger partial charge in [0.2, 0.25) is 5.91 Å². The van der Waals surface area contributed by atoms with E-state index in [2.05, 4.69) is 5.32 Å². The van der Waals surface area contributed by atoms with Gasteiger partial charge in [-0.3, -0.25) is 9.59 Å². The van der Waals surface area contributed by atoms with E-state index in [4.69, 9.17) is 0 Å². The molecule has 0 bridgehead atoms. The van der Waals surface area contributed by atoms with Crippen LogP contribution in [0.4, 0.5) is 0 Å². The van der Waals surface area contributed by atoms with Gasteiger partial charge < -0.3 is 10.2 Å². The first-order valence-electron chi connectivity index (χ1n) is 7.51. The lowest BCUT2D eigenvalue weighted by molar-refractivity contribution is -0.124. The summed E-state index contributed by atoms with van der Waals surface area (Å²) in [6, 6.07) is 18.5. The molecular weight excluding hydrogens is 308 g/mol. The van der Waals surface area contributed by atoms with Gasteiger partial charge in [0.05, 0.1) is 5.88 Å². The maximum Gasteiger partial charge on any atom is 0.255 e. The number of nitrogens with zero attached hydrogens (tertiary/aromatic N) is 1. The van der Waals surface area contributed by atoms with Crippen LogP contribution in [0.25, 0.3) is 0 Å². The van der Waals surface area contributed by atoms with Gasteiger partial charge in [-0.05, 0) is 17.7 Å². The van der Waals surface area contributed by atoms with Crippen LogP contribution in [0.5, 0.6) is 0 Å². The Labute approximate surface area is 139 Å². The van der Waals surface area contributed by atoms with Gasteiger partial charge in [0.15, 0.2) is 0 Å². The van der Waals surface area contributed by atoms with Gasteiger partial charge in [0.1, 0.15) is 6.04 Å². The summed E-state index contributed by atoms with van der Waals surface area (Å²) in [6.07, 6.45) is 0. The Bertz CT molecular complexity index is 676. The van der Waals surface area contributed by atoms with Gasteiger partial charge >= 0.3 is 0 Å². The molecule has 5 heteroatoms. The third-order valence-corrected chi connectivity index (χ3v) is 4.79. The summed E-state index contributed by atoms with van der Waals surface area (Å²) in [5.41, 5.74) is 1.67. The third-order valence-electron chi connectivity index (χ3n) is 3.78. The molecule has 1 heterocycles. The zero-order valence-electron chi connectivity index (χ0n) is 12.6. The molecule has 2 amide bonds. The molecule has 1 unspecified atom stereocenters. The average molecular weight is 326 g/mol. The van der Waals surface area contributed by atoms with Gasteiger partial charge in [-0.1, -0.05) is 48.5 Å². The molecule has 0 aliphatic carbocycles. The highest BCUT2D eigenvalue weighted by atomic mass is 32.2. The second-order valence-corrected chi connectivity index (χ2v) is 6.36. The standard InChI is InChI=1S/C18H18N2O2S/c21-17(19-11-14-7-3-1-4-8-14)16-12-23-13-20(16)18(22)15-9-5-2-6-10-15/h1-10,16H,11-13H2,(H,19,21). The molecule has 4 nitrogen and oxygen atoms in total. The van der Waals surface area contributed by atoms with E-state index in [0.29, 0.717) is 23.7 Å². The van der Waals surface area contributed by atoms with Crippen molar-refractivity contribution >= 4 is 23.6 Å². The summed E-state index contributed by atoms with van der Waals surface area (Å²) in [4.78, 5) is 26.7. The number of carbonyl (C=O) groups excluding carboxylic acids is 2. The zero-order chi connectivity index (χ0) is 16.1. The van der Waals surface area contributed by atoms with E-state index in [1.165, 1.54) is 0 Å². The molecule has 1 saturated heterocycles. The fraction of sp³-hybridized carbons (Fsp3) is 0.222. The molecule has 2 aromatic carbocycles. The van der Waals surface area contributed by atoms with Gasteiger partial charge in [0.25, 0.3) is 5.91 Å². The lowest BCUT2D eigenvalue weighted by Crippen LogP contribution is -2.47. The van der Waals surface area contributed by atoms with Crippen LogP contribution in [0.3, 0.4) is 0 Å². The van der Waals surface area contributed by atoms with Gasteiger partial charge in [-0.15, -0.1) is 11.8 Å². The summed E-state index contributed by atoms with van der Waals surface area (Å²) < 4.78 is 0. The largest absolute Gasteiger partial charge is 0.350 e. The highest BCUT2D eigenvalue weighted by Crippen LogP contribution is 2.23. The lowest BCUT2D eigenvalue weighted by Gasteiger charge is -2.23. The average Bonchev–Trinajstić information content (AvgIpc) is 3.10. The van der Waals surface area contributed by atoms with Crippen molar-refractivity contribution in [2.45, 2.75) is 12.6 Å². The Morgan fingerprint density at radius 1 is 1.04 bits per heavy atom. The number of hydrogen-bond donors (Lipinski definition) is 1. The summed E-state index contributed by atoms with van der Waals surface area (Å²) >= 11 is 1.61. The van der Waals surface area contributed by atoms with Crippen molar-refractivity contribution in [3.63, 3.8) is 0 Å². The monoisotopic (exact) mass is 326 g/mol. The molecule has 1 atom stereocenters. The predicted octanol–water partition coefficient (Wildman–Crippen LogP) is 2.52. The van der Waals surface area contributed by atoms with Gasteiger partial charge in [0, 0.05) is 17.9 Å². The highest BCUT2D eigenvalue weighted by molar-refractivity contribution is 7.99. The van der Waals surface area contributed by atoms with Crippen molar-refractivity contribution in [1.82, 2.24) is 10.2 Å². The van der Waals surface area contributed by atoms with Crippen molar-refractivity contribution in [2.24, 2.45) is 0 Å². The van der Waals surface area contributed by atoms with Crippen molar-refractivity contribution in [2.75, 3.05) is 11.6 Å². The first-order chi connectivity index (χ1) is 11.3. The van der Waals surface area contributed by atoms with Gasteiger partial charge in [-0.25, -0.2) is 0 Å². The van der Waals surface area contributed by atoms with Crippen LogP contribution in [0, 0.1) is 0 Å².